The van der Waals surface area contributed by atoms with Crippen molar-refractivity contribution < 1.29 is 34.4 Å². The number of fused-ring (bicyclic) bond motifs is 3. The van der Waals surface area contributed by atoms with Crippen LogP contribution in [0.1, 0.15) is 11.1 Å². The van der Waals surface area contributed by atoms with Gasteiger partial charge in [0.2, 0.25) is 0 Å². The van der Waals surface area contributed by atoms with Crippen molar-refractivity contribution >= 4 is 34.7 Å². The Morgan fingerprint density at radius 1 is 0.812 bits per heavy atom. The van der Waals surface area contributed by atoms with Gasteiger partial charge in [0.25, 0.3) is 22.7 Å². The summed E-state index contributed by atoms with van der Waals surface area (Å²) in [6.07, 6.45) is 0.312. The minimum atomic E-state index is -0.976. The summed E-state index contributed by atoms with van der Waals surface area (Å²) in [5.41, 5.74) is -4.77. The van der Waals surface area contributed by atoms with E-state index in [1.807, 2.05) is 0 Å². The highest BCUT2D eigenvalue weighted by atomic mass is 16.6. The molecule has 0 aromatic heterocycles. The number of aldehydes is 1. The van der Waals surface area contributed by atoms with Crippen LogP contribution in [0.25, 0.3) is 11.1 Å². The fourth-order valence-electron chi connectivity index (χ4n) is 3.00. The number of non-ortho nitro benzene ring substituents is 2. The molecule has 0 fully saturated rings. The van der Waals surface area contributed by atoms with Crippen molar-refractivity contribution in [3.8, 4) is 11.1 Å². The topological polar surface area (TPSA) is 231 Å². The molecule has 0 heterocycles. The average Bonchev–Trinajstić information content (AvgIpc) is 3.07. The van der Waals surface area contributed by atoms with Gasteiger partial charge in [0.05, 0.1) is 43.0 Å². The molecule has 16 heteroatoms. The highest BCUT2D eigenvalue weighted by molar-refractivity contribution is 6.27. The summed E-state index contributed by atoms with van der Waals surface area (Å²) in [5, 5.41) is 56.1. The van der Waals surface area contributed by atoms with Gasteiger partial charge in [0.15, 0.2) is 12.9 Å². The molecule has 0 bridgehead atoms. The summed E-state index contributed by atoms with van der Waals surface area (Å²) in [7, 11) is 1.00. The Hall–Kier alpha value is -4.86. The third kappa shape index (κ3) is 4.05. The second kappa shape index (κ2) is 9.30. The van der Waals surface area contributed by atoms with Crippen molar-refractivity contribution in [2.24, 2.45) is 5.16 Å². The lowest BCUT2D eigenvalue weighted by Gasteiger charge is -2.03. The highest BCUT2D eigenvalue weighted by Gasteiger charge is 2.41. The van der Waals surface area contributed by atoms with Crippen LogP contribution < -0.4 is 0 Å². The van der Waals surface area contributed by atoms with Crippen LogP contribution in [-0.2, 0) is 9.63 Å². The van der Waals surface area contributed by atoms with Gasteiger partial charge in [-0.25, -0.2) is 0 Å². The number of aliphatic hydroxyl groups is 1. The Kier molecular flexibility index (Phi) is 6.81. The van der Waals surface area contributed by atoms with Gasteiger partial charge < -0.3 is 9.94 Å². The molecule has 0 unspecified atom stereocenters. The fraction of sp³-hybridized carbons (Fsp3) is 0.125. The first-order valence-corrected chi connectivity index (χ1v) is 8.20. The van der Waals surface area contributed by atoms with E-state index in [9.17, 15) is 45.3 Å². The molecular formula is C16H11N5O11. The van der Waals surface area contributed by atoms with Crippen LogP contribution in [-0.4, -0.2) is 50.5 Å². The van der Waals surface area contributed by atoms with Crippen LogP contribution in [0.2, 0.25) is 0 Å². The first-order chi connectivity index (χ1) is 15.2. The molecule has 32 heavy (non-hydrogen) atoms. The lowest BCUT2D eigenvalue weighted by molar-refractivity contribution is -0.395. The number of carbonyl (C=O) groups is 1. The van der Waals surface area contributed by atoms with Gasteiger partial charge in [-0.2, -0.15) is 0 Å². The van der Waals surface area contributed by atoms with E-state index in [0.29, 0.717) is 18.4 Å². The van der Waals surface area contributed by atoms with Crippen LogP contribution in [0.3, 0.4) is 0 Å². The van der Waals surface area contributed by atoms with Crippen molar-refractivity contribution in [3.63, 3.8) is 0 Å². The number of nitrogens with zero attached hydrogens (tertiary/aromatic N) is 5. The summed E-state index contributed by atoms with van der Waals surface area (Å²) in [5.74, 6) is 0. The van der Waals surface area contributed by atoms with Crippen molar-refractivity contribution in [1.29, 1.82) is 0 Å². The molecule has 3 rings (SSSR count). The number of rotatable bonds is 7. The summed E-state index contributed by atoms with van der Waals surface area (Å²) in [4.78, 5) is 56.9. The predicted molar refractivity (Wildman–Crippen MR) is 104 cm³/mol. The number of hydrogen-bond acceptors (Lipinski definition) is 12. The molecule has 2 aromatic rings. The molecular weight excluding hydrogens is 438 g/mol. The largest absolute Gasteiger partial charge is 0.400 e. The van der Waals surface area contributed by atoms with Crippen LogP contribution in [0, 0.1) is 40.5 Å². The van der Waals surface area contributed by atoms with E-state index in [1.165, 1.54) is 0 Å². The quantitative estimate of drug-likeness (QED) is 0.236. The van der Waals surface area contributed by atoms with Crippen LogP contribution in [0.4, 0.5) is 22.7 Å². The number of carbonyl (C=O) groups excluding carboxylic acids is 1. The van der Waals surface area contributed by atoms with Crippen molar-refractivity contribution in [2.75, 3.05) is 13.7 Å². The standard InChI is InChI=1S/C15H7N5O10.CH4O/c21-1-2-30-16-15-9-3-7(17(22)23)5-11(19(26)27)13(9)14-10(15)4-8(18(24)25)6-12(14)20(28)29;1-2/h1,3-6H,2H2;2H,1H3. The smallest absolute Gasteiger partial charge is 0.285 e. The van der Waals surface area contributed by atoms with E-state index in [2.05, 4.69) is 5.16 Å². The van der Waals surface area contributed by atoms with Gasteiger partial charge in [-0.3, -0.25) is 45.3 Å². The first kappa shape index (κ1) is 23.4. The number of oxime groups is 1. The maximum absolute atomic E-state index is 11.6. The maximum Gasteiger partial charge on any atom is 0.285 e. The molecule has 1 aliphatic carbocycles. The zero-order chi connectivity index (χ0) is 24.2. The lowest BCUT2D eigenvalue weighted by Crippen LogP contribution is -2.04. The Labute approximate surface area is 175 Å². The van der Waals surface area contributed by atoms with Gasteiger partial charge in [0.1, 0.15) is 5.71 Å². The highest BCUT2D eigenvalue weighted by Crippen LogP contribution is 2.50. The van der Waals surface area contributed by atoms with Gasteiger partial charge in [-0.1, -0.05) is 5.16 Å². The van der Waals surface area contributed by atoms with Gasteiger partial charge in [-0.15, -0.1) is 0 Å². The van der Waals surface area contributed by atoms with E-state index >= 15 is 0 Å². The fourth-order valence-corrected chi connectivity index (χ4v) is 3.00. The average molecular weight is 449 g/mol. The molecule has 0 atom stereocenters. The van der Waals surface area contributed by atoms with Crippen molar-refractivity contribution in [1.82, 2.24) is 0 Å². The monoisotopic (exact) mass is 449 g/mol. The Morgan fingerprint density at radius 3 is 1.53 bits per heavy atom. The second-order valence-corrected chi connectivity index (χ2v) is 5.71. The van der Waals surface area contributed by atoms with Gasteiger partial charge in [-0.05, 0) is 0 Å². The van der Waals surface area contributed by atoms with Crippen molar-refractivity contribution in [2.45, 2.75) is 0 Å². The Morgan fingerprint density at radius 2 is 1.22 bits per heavy atom. The number of nitro benzene ring substituents is 4. The molecule has 166 valence electrons. The minimum absolute atomic E-state index is 0.277. The number of benzene rings is 2. The van der Waals surface area contributed by atoms with E-state index < -0.39 is 49.0 Å². The first-order valence-electron chi connectivity index (χ1n) is 8.20. The Balaban J connectivity index is 0.00000176. The normalized spacial score (nSPS) is 10.8. The summed E-state index contributed by atoms with van der Waals surface area (Å²) >= 11 is 0. The SMILES string of the molecule is CO.O=CCON=C1c2cc([N+](=O)[O-])cc([N+](=O)[O-])c2-c2c1cc([N+](=O)[O-])cc2[N+](=O)[O-]. The number of aliphatic hydroxyl groups excluding tert-OH is 1. The number of hydrogen-bond donors (Lipinski definition) is 1. The molecule has 0 saturated heterocycles. The van der Waals surface area contributed by atoms with Crippen LogP contribution >= 0.6 is 0 Å². The number of nitro groups is 4. The Bertz CT molecular complexity index is 1110. The van der Waals surface area contributed by atoms with Gasteiger partial charge in [0, 0.05) is 30.4 Å². The van der Waals surface area contributed by atoms with Crippen LogP contribution in [0.15, 0.2) is 29.4 Å². The molecule has 1 aliphatic rings. The predicted octanol–water partition coefficient (Wildman–Crippen LogP) is 1.88. The summed E-state index contributed by atoms with van der Waals surface area (Å²) in [6.45, 7) is -0.567. The maximum atomic E-state index is 11.6. The molecule has 0 radical (unpaired) electrons. The zero-order valence-electron chi connectivity index (χ0n) is 15.9. The van der Waals surface area contributed by atoms with Crippen LogP contribution in [0.5, 0.6) is 0 Å². The van der Waals surface area contributed by atoms with E-state index in [1.54, 1.807) is 0 Å². The van der Waals surface area contributed by atoms with Crippen molar-refractivity contribution in [3.05, 3.63) is 75.8 Å². The molecule has 0 spiro atoms. The summed E-state index contributed by atoms with van der Waals surface area (Å²) in [6, 6.07) is 2.98. The van der Waals surface area contributed by atoms with Gasteiger partial charge >= 0.3 is 0 Å². The molecule has 1 N–H and O–H groups in total. The minimum Gasteiger partial charge on any atom is -0.400 e. The molecule has 0 aliphatic heterocycles. The summed E-state index contributed by atoms with van der Waals surface area (Å²) < 4.78 is 0. The molecule has 0 saturated carbocycles. The lowest BCUT2D eigenvalue weighted by atomic mass is 10.0. The second-order valence-electron chi connectivity index (χ2n) is 5.71. The molecule has 2 aromatic carbocycles. The third-order valence-electron chi connectivity index (χ3n) is 4.08. The zero-order valence-corrected chi connectivity index (χ0v) is 15.9. The third-order valence-corrected chi connectivity index (χ3v) is 4.08. The van der Waals surface area contributed by atoms with E-state index in [-0.39, 0.29) is 28.0 Å². The van der Waals surface area contributed by atoms with E-state index in [4.69, 9.17) is 9.94 Å². The molecule has 16 nitrogen and oxygen atoms in total. The molecule has 0 amide bonds. The van der Waals surface area contributed by atoms with E-state index in [0.717, 1.165) is 19.2 Å².